The molecule has 2 fully saturated rings. The number of likely N-dealkylation sites (tertiary alicyclic amines) is 2. The van der Waals surface area contributed by atoms with E-state index in [0.29, 0.717) is 18.5 Å². The molecule has 0 bridgehead atoms. The van der Waals surface area contributed by atoms with E-state index in [1.165, 1.54) is 51.4 Å². The molecule has 2 aliphatic heterocycles. The van der Waals surface area contributed by atoms with Gasteiger partial charge < -0.3 is 10.2 Å². The number of hydrogen-bond acceptors (Lipinski definition) is 3. The zero-order chi connectivity index (χ0) is 14.2. The quantitative estimate of drug-likeness (QED) is 0.854. The van der Waals surface area contributed by atoms with Crippen LogP contribution in [0.15, 0.2) is 0 Å². The van der Waals surface area contributed by atoms with Crippen LogP contribution in [0, 0.1) is 0 Å². The maximum Gasteiger partial charge on any atom is 0.236 e. The second-order valence-corrected chi connectivity index (χ2v) is 6.33. The first kappa shape index (κ1) is 15.8. The number of nitrogens with zero attached hydrogens (tertiary/aromatic N) is 2. The van der Waals surface area contributed by atoms with E-state index in [9.17, 15) is 4.79 Å². The Morgan fingerprint density at radius 3 is 2.35 bits per heavy atom. The molecule has 2 saturated heterocycles. The van der Waals surface area contributed by atoms with Crippen LogP contribution in [0.25, 0.3) is 0 Å². The molecule has 0 aromatic carbocycles. The van der Waals surface area contributed by atoms with Crippen molar-refractivity contribution in [3.05, 3.63) is 0 Å². The summed E-state index contributed by atoms with van der Waals surface area (Å²) in [6, 6.07) is 0.549. The topological polar surface area (TPSA) is 35.6 Å². The number of carbonyl (C=O) groups is 1. The molecule has 4 heteroatoms. The molecule has 0 spiro atoms. The largest absolute Gasteiger partial charge is 0.342 e. The standard InChI is InChI=1S/C16H31N3O/c1-17-13-15-9-5-8-12-19(15)14-16(20)18-10-6-3-2-4-7-11-18/h15,17H,2-14H2,1H3. The van der Waals surface area contributed by atoms with Crippen molar-refractivity contribution in [2.24, 2.45) is 0 Å². The van der Waals surface area contributed by atoms with Crippen molar-refractivity contribution in [1.29, 1.82) is 0 Å². The van der Waals surface area contributed by atoms with Crippen LogP contribution >= 0.6 is 0 Å². The Bertz CT molecular complexity index is 285. The number of amides is 1. The van der Waals surface area contributed by atoms with E-state index >= 15 is 0 Å². The van der Waals surface area contributed by atoms with E-state index in [-0.39, 0.29) is 0 Å². The highest BCUT2D eigenvalue weighted by Crippen LogP contribution is 2.17. The van der Waals surface area contributed by atoms with Gasteiger partial charge in [-0.2, -0.15) is 0 Å². The molecule has 1 amide bonds. The van der Waals surface area contributed by atoms with Gasteiger partial charge in [-0.25, -0.2) is 0 Å². The van der Waals surface area contributed by atoms with Crippen molar-refractivity contribution in [2.45, 2.75) is 57.4 Å². The molecule has 0 aromatic rings. The molecule has 0 saturated carbocycles. The highest BCUT2D eigenvalue weighted by Gasteiger charge is 2.25. The molecule has 2 rings (SSSR count). The smallest absolute Gasteiger partial charge is 0.236 e. The maximum atomic E-state index is 12.5. The fourth-order valence-corrected chi connectivity index (χ4v) is 3.51. The van der Waals surface area contributed by atoms with E-state index in [1.54, 1.807) is 0 Å². The molecule has 0 radical (unpaired) electrons. The highest BCUT2D eigenvalue weighted by atomic mass is 16.2. The fourth-order valence-electron chi connectivity index (χ4n) is 3.51. The van der Waals surface area contributed by atoms with Crippen LogP contribution in [-0.2, 0) is 4.79 Å². The first-order valence-electron chi connectivity index (χ1n) is 8.47. The van der Waals surface area contributed by atoms with Crippen molar-refractivity contribution < 1.29 is 4.79 Å². The van der Waals surface area contributed by atoms with Gasteiger partial charge in [-0.05, 0) is 39.3 Å². The Morgan fingerprint density at radius 1 is 1.00 bits per heavy atom. The third-order valence-electron chi connectivity index (χ3n) is 4.74. The summed E-state index contributed by atoms with van der Waals surface area (Å²) in [5.74, 6) is 0.356. The van der Waals surface area contributed by atoms with Crippen molar-refractivity contribution in [3.63, 3.8) is 0 Å². The molecule has 2 heterocycles. The lowest BCUT2D eigenvalue weighted by Gasteiger charge is -2.36. The third kappa shape index (κ3) is 4.74. The summed E-state index contributed by atoms with van der Waals surface area (Å²) in [4.78, 5) is 17.1. The average Bonchev–Trinajstić information content (AvgIpc) is 2.40. The number of carbonyl (C=O) groups excluding carboxylic acids is 1. The minimum absolute atomic E-state index is 0.356. The Hall–Kier alpha value is -0.610. The molecule has 4 nitrogen and oxygen atoms in total. The van der Waals surface area contributed by atoms with Crippen LogP contribution in [-0.4, -0.2) is 61.5 Å². The molecule has 20 heavy (non-hydrogen) atoms. The molecule has 1 N–H and O–H groups in total. The highest BCUT2D eigenvalue weighted by molar-refractivity contribution is 5.78. The van der Waals surface area contributed by atoms with E-state index in [4.69, 9.17) is 0 Å². The molecule has 1 atom stereocenters. The summed E-state index contributed by atoms with van der Waals surface area (Å²) in [7, 11) is 2.01. The van der Waals surface area contributed by atoms with Gasteiger partial charge in [0.15, 0.2) is 0 Å². The number of rotatable bonds is 4. The summed E-state index contributed by atoms with van der Waals surface area (Å²) in [5.41, 5.74) is 0. The van der Waals surface area contributed by atoms with Crippen LogP contribution in [0.1, 0.15) is 51.4 Å². The van der Waals surface area contributed by atoms with Crippen molar-refractivity contribution in [2.75, 3.05) is 39.8 Å². The van der Waals surface area contributed by atoms with Gasteiger partial charge >= 0.3 is 0 Å². The van der Waals surface area contributed by atoms with E-state index in [1.807, 2.05) is 7.05 Å². The number of likely N-dealkylation sites (N-methyl/N-ethyl adjacent to an activating group) is 1. The fraction of sp³-hybridized carbons (Fsp3) is 0.938. The van der Waals surface area contributed by atoms with Gasteiger partial charge in [-0.1, -0.05) is 25.7 Å². The molecule has 0 aliphatic carbocycles. The lowest BCUT2D eigenvalue weighted by Crippen LogP contribution is -2.50. The first-order chi connectivity index (χ1) is 9.81. The Labute approximate surface area is 123 Å². The monoisotopic (exact) mass is 281 g/mol. The second-order valence-electron chi connectivity index (χ2n) is 6.33. The van der Waals surface area contributed by atoms with Gasteiger partial charge in [0.05, 0.1) is 6.54 Å². The maximum absolute atomic E-state index is 12.5. The third-order valence-corrected chi connectivity index (χ3v) is 4.74. The Balaban J connectivity index is 1.84. The van der Waals surface area contributed by atoms with Gasteiger partial charge in [0.2, 0.25) is 5.91 Å². The number of piperidine rings is 1. The van der Waals surface area contributed by atoms with Gasteiger partial charge in [-0.15, -0.1) is 0 Å². The lowest BCUT2D eigenvalue weighted by molar-refractivity contribution is -0.133. The SMILES string of the molecule is CNCC1CCCCN1CC(=O)N1CCCCCCC1. The molecule has 116 valence electrons. The van der Waals surface area contributed by atoms with Crippen molar-refractivity contribution >= 4 is 5.91 Å². The van der Waals surface area contributed by atoms with Crippen LogP contribution in [0.3, 0.4) is 0 Å². The lowest BCUT2D eigenvalue weighted by atomic mass is 10.0. The van der Waals surface area contributed by atoms with E-state index in [2.05, 4.69) is 15.1 Å². The second kappa shape index (κ2) is 8.63. The van der Waals surface area contributed by atoms with Crippen LogP contribution in [0.5, 0.6) is 0 Å². The van der Waals surface area contributed by atoms with Crippen LogP contribution < -0.4 is 5.32 Å². The van der Waals surface area contributed by atoms with Gasteiger partial charge in [0.1, 0.15) is 0 Å². The molecular formula is C16H31N3O. The number of hydrogen-bond donors (Lipinski definition) is 1. The van der Waals surface area contributed by atoms with Crippen LogP contribution in [0.4, 0.5) is 0 Å². The number of nitrogens with one attached hydrogen (secondary N) is 1. The summed E-state index contributed by atoms with van der Waals surface area (Å²) in [5, 5.41) is 3.27. The normalized spacial score (nSPS) is 26.1. The zero-order valence-corrected chi connectivity index (χ0v) is 13.1. The summed E-state index contributed by atoms with van der Waals surface area (Å²) < 4.78 is 0. The Morgan fingerprint density at radius 2 is 1.65 bits per heavy atom. The average molecular weight is 281 g/mol. The van der Waals surface area contributed by atoms with Gasteiger partial charge in [0, 0.05) is 25.7 Å². The van der Waals surface area contributed by atoms with E-state index in [0.717, 1.165) is 26.2 Å². The summed E-state index contributed by atoms with van der Waals surface area (Å²) in [6.45, 7) is 4.68. The van der Waals surface area contributed by atoms with Crippen molar-refractivity contribution in [1.82, 2.24) is 15.1 Å². The van der Waals surface area contributed by atoms with Gasteiger partial charge in [0.25, 0.3) is 0 Å². The predicted octanol–water partition coefficient (Wildman–Crippen LogP) is 1.85. The summed E-state index contributed by atoms with van der Waals surface area (Å²) in [6.07, 6.45) is 10.1. The first-order valence-corrected chi connectivity index (χ1v) is 8.47. The molecule has 1 unspecified atom stereocenters. The Kier molecular flexibility index (Phi) is 6.80. The van der Waals surface area contributed by atoms with Crippen molar-refractivity contribution in [3.8, 4) is 0 Å². The molecule has 0 aromatic heterocycles. The van der Waals surface area contributed by atoms with E-state index < -0.39 is 0 Å². The summed E-state index contributed by atoms with van der Waals surface area (Å²) >= 11 is 0. The predicted molar refractivity (Wildman–Crippen MR) is 82.8 cm³/mol. The minimum atomic E-state index is 0.356. The molecular weight excluding hydrogens is 250 g/mol. The zero-order valence-electron chi connectivity index (χ0n) is 13.1. The molecule has 2 aliphatic rings. The van der Waals surface area contributed by atoms with Crippen LogP contribution in [0.2, 0.25) is 0 Å². The van der Waals surface area contributed by atoms with Gasteiger partial charge in [-0.3, -0.25) is 9.69 Å². The minimum Gasteiger partial charge on any atom is -0.342 e.